The number of nitrogens with zero attached hydrogens (tertiary/aromatic N) is 4. The Bertz CT molecular complexity index is 480. The molecule has 0 spiro atoms. The van der Waals surface area contributed by atoms with Crippen molar-refractivity contribution in [2.24, 2.45) is 0 Å². The van der Waals surface area contributed by atoms with Crippen molar-refractivity contribution in [3.05, 3.63) is 16.6 Å². The van der Waals surface area contributed by atoms with E-state index in [4.69, 9.17) is 0 Å². The van der Waals surface area contributed by atoms with Crippen LogP contribution in [-0.4, -0.2) is 52.0 Å². The lowest BCUT2D eigenvalue weighted by molar-refractivity contribution is 0.0830. The van der Waals surface area contributed by atoms with Crippen molar-refractivity contribution in [1.29, 1.82) is 5.26 Å². The molecule has 1 atom stereocenters. The summed E-state index contributed by atoms with van der Waals surface area (Å²) >= 11 is 3.41. The highest BCUT2D eigenvalue weighted by atomic mass is 79.9. The lowest BCUT2D eigenvalue weighted by atomic mass is 10.1. The minimum absolute atomic E-state index is 0.224. The van der Waals surface area contributed by atoms with Gasteiger partial charge in [0.05, 0.1) is 18.1 Å². The van der Waals surface area contributed by atoms with E-state index in [1.807, 2.05) is 0 Å². The molecule has 1 aliphatic carbocycles. The lowest BCUT2D eigenvalue weighted by Gasteiger charge is -2.39. The summed E-state index contributed by atoms with van der Waals surface area (Å²) in [6, 6.07) is 2.97. The summed E-state index contributed by atoms with van der Waals surface area (Å²) in [4.78, 5) is 12.1. The third kappa shape index (κ3) is 2.76. The maximum atomic E-state index is 9.48. The van der Waals surface area contributed by atoms with E-state index in [-0.39, 0.29) is 6.04 Å². The number of hydrogen-bond acceptors (Lipinski definition) is 4. The molecule has 1 unspecified atom stereocenters. The minimum Gasteiger partial charge on any atom is -0.345 e. The summed E-state index contributed by atoms with van der Waals surface area (Å²) in [5.41, 5.74) is 0.877. The fourth-order valence-corrected chi connectivity index (χ4v) is 3.87. The molecule has 108 valence electrons. The number of aromatic amines is 1. The first-order valence-electron chi connectivity index (χ1n) is 7.36. The van der Waals surface area contributed by atoms with Gasteiger partial charge in [-0.1, -0.05) is 12.8 Å². The van der Waals surface area contributed by atoms with Gasteiger partial charge in [-0.25, -0.2) is 4.98 Å². The number of aromatic nitrogens is 2. The number of nitrogens with one attached hydrogen (secondary N) is 1. The third-order valence-corrected chi connectivity index (χ3v) is 5.20. The van der Waals surface area contributed by atoms with E-state index in [0.717, 1.165) is 42.5 Å². The summed E-state index contributed by atoms with van der Waals surface area (Å²) in [6.45, 7) is 4.07. The second kappa shape index (κ2) is 6.25. The average Bonchev–Trinajstić information content (AvgIpc) is 3.13. The van der Waals surface area contributed by atoms with E-state index in [1.54, 1.807) is 6.33 Å². The van der Waals surface area contributed by atoms with Crippen molar-refractivity contribution in [2.75, 3.05) is 26.2 Å². The fraction of sp³-hybridized carbons (Fsp3) is 0.714. The molecule has 6 heteroatoms. The number of imidazole rings is 1. The maximum absolute atomic E-state index is 9.48. The zero-order valence-corrected chi connectivity index (χ0v) is 13.1. The van der Waals surface area contributed by atoms with Gasteiger partial charge < -0.3 is 4.98 Å². The number of rotatable bonds is 3. The predicted molar refractivity (Wildman–Crippen MR) is 80.0 cm³/mol. The van der Waals surface area contributed by atoms with Gasteiger partial charge in [0.25, 0.3) is 0 Å². The average molecular weight is 338 g/mol. The lowest BCUT2D eigenvalue weighted by Crippen LogP contribution is -2.50. The molecule has 20 heavy (non-hydrogen) atoms. The zero-order valence-electron chi connectivity index (χ0n) is 11.6. The molecule has 2 heterocycles. The quantitative estimate of drug-likeness (QED) is 0.919. The Morgan fingerprint density at radius 1 is 1.30 bits per heavy atom. The topological polar surface area (TPSA) is 59.0 Å². The third-order valence-electron chi connectivity index (χ3n) is 4.57. The molecule has 2 fully saturated rings. The van der Waals surface area contributed by atoms with Crippen LogP contribution in [-0.2, 0) is 0 Å². The highest BCUT2D eigenvalue weighted by molar-refractivity contribution is 9.10. The standard InChI is InChI=1S/C14H20BrN5/c15-14-13(17-10-18-14)12(9-16)20-7-5-19(6-8-20)11-3-1-2-4-11/h10-12H,1-8H2,(H,17,18). The van der Waals surface area contributed by atoms with Crippen LogP contribution in [0.4, 0.5) is 0 Å². The van der Waals surface area contributed by atoms with Crippen LogP contribution in [0.3, 0.4) is 0 Å². The highest BCUT2D eigenvalue weighted by Crippen LogP contribution is 2.28. The van der Waals surface area contributed by atoms with E-state index in [1.165, 1.54) is 25.7 Å². The molecule has 1 N–H and O–H groups in total. The van der Waals surface area contributed by atoms with Gasteiger partial charge >= 0.3 is 0 Å². The molecule has 0 amide bonds. The summed E-state index contributed by atoms with van der Waals surface area (Å²) in [5.74, 6) is 0. The molecule has 2 aliphatic rings. The van der Waals surface area contributed by atoms with Crippen LogP contribution in [0.5, 0.6) is 0 Å². The van der Waals surface area contributed by atoms with Crippen molar-refractivity contribution in [2.45, 2.75) is 37.8 Å². The van der Waals surface area contributed by atoms with Gasteiger partial charge in [0.2, 0.25) is 0 Å². The van der Waals surface area contributed by atoms with Gasteiger partial charge in [-0.15, -0.1) is 0 Å². The normalized spacial score (nSPS) is 23.8. The minimum atomic E-state index is -0.224. The molecule has 1 saturated heterocycles. The van der Waals surface area contributed by atoms with Crippen molar-refractivity contribution >= 4 is 15.9 Å². The first-order valence-corrected chi connectivity index (χ1v) is 8.15. The monoisotopic (exact) mass is 337 g/mol. The second-order valence-corrected chi connectivity index (χ2v) is 6.40. The van der Waals surface area contributed by atoms with Gasteiger partial charge in [0.1, 0.15) is 10.6 Å². The second-order valence-electron chi connectivity index (χ2n) is 5.65. The SMILES string of the molecule is N#CC(c1[nH]cnc1Br)N1CCN(C2CCCC2)CC1. The van der Waals surface area contributed by atoms with Crippen molar-refractivity contribution < 1.29 is 0 Å². The van der Waals surface area contributed by atoms with Gasteiger partial charge in [0, 0.05) is 32.2 Å². The Morgan fingerprint density at radius 2 is 2.00 bits per heavy atom. The van der Waals surface area contributed by atoms with Crippen LogP contribution >= 0.6 is 15.9 Å². The Labute approximate surface area is 128 Å². The first-order chi connectivity index (χ1) is 9.79. The highest BCUT2D eigenvalue weighted by Gasteiger charge is 2.30. The summed E-state index contributed by atoms with van der Waals surface area (Å²) in [5, 5.41) is 9.48. The number of halogens is 1. The molecule has 1 aromatic heterocycles. The molecule has 1 aliphatic heterocycles. The Hall–Kier alpha value is -0.900. The van der Waals surface area contributed by atoms with E-state index < -0.39 is 0 Å². The van der Waals surface area contributed by atoms with Crippen molar-refractivity contribution in [1.82, 2.24) is 19.8 Å². The van der Waals surface area contributed by atoms with Crippen LogP contribution < -0.4 is 0 Å². The molecular weight excluding hydrogens is 318 g/mol. The molecule has 3 rings (SSSR count). The van der Waals surface area contributed by atoms with Gasteiger partial charge in [-0.05, 0) is 28.8 Å². The smallest absolute Gasteiger partial charge is 0.141 e. The Morgan fingerprint density at radius 3 is 2.55 bits per heavy atom. The van der Waals surface area contributed by atoms with E-state index >= 15 is 0 Å². The molecule has 1 saturated carbocycles. The summed E-state index contributed by atoms with van der Waals surface area (Å²) < 4.78 is 0.752. The van der Waals surface area contributed by atoms with Crippen LogP contribution in [0, 0.1) is 11.3 Å². The van der Waals surface area contributed by atoms with Crippen LogP contribution in [0.2, 0.25) is 0 Å². The summed E-state index contributed by atoms with van der Waals surface area (Å²) in [7, 11) is 0. The Balaban J connectivity index is 1.62. The van der Waals surface area contributed by atoms with Crippen molar-refractivity contribution in [3.8, 4) is 6.07 Å². The number of hydrogen-bond donors (Lipinski definition) is 1. The van der Waals surface area contributed by atoms with E-state index in [0.29, 0.717) is 0 Å². The largest absolute Gasteiger partial charge is 0.345 e. The molecule has 1 aromatic rings. The summed E-state index contributed by atoms with van der Waals surface area (Å²) in [6.07, 6.45) is 7.11. The fourth-order valence-electron chi connectivity index (χ4n) is 3.44. The molecule has 5 nitrogen and oxygen atoms in total. The maximum Gasteiger partial charge on any atom is 0.141 e. The Kier molecular flexibility index (Phi) is 4.39. The first kappa shape index (κ1) is 14.1. The van der Waals surface area contributed by atoms with Crippen LogP contribution in [0.1, 0.15) is 37.4 Å². The van der Waals surface area contributed by atoms with Crippen LogP contribution in [0.25, 0.3) is 0 Å². The number of nitriles is 1. The van der Waals surface area contributed by atoms with E-state index in [9.17, 15) is 5.26 Å². The molecule has 0 aromatic carbocycles. The number of H-pyrrole nitrogens is 1. The van der Waals surface area contributed by atoms with Gasteiger partial charge in [-0.2, -0.15) is 5.26 Å². The van der Waals surface area contributed by atoms with Gasteiger partial charge in [0.15, 0.2) is 0 Å². The molecule has 0 bridgehead atoms. The van der Waals surface area contributed by atoms with Crippen LogP contribution in [0.15, 0.2) is 10.9 Å². The molecule has 0 radical (unpaired) electrons. The van der Waals surface area contributed by atoms with Crippen molar-refractivity contribution in [3.63, 3.8) is 0 Å². The predicted octanol–water partition coefficient (Wildman–Crippen LogP) is 2.30. The van der Waals surface area contributed by atoms with Gasteiger partial charge in [-0.3, -0.25) is 9.80 Å². The molecular formula is C14H20BrN5. The zero-order chi connectivity index (χ0) is 13.9. The van der Waals surface area contributed by atoms with E-state index in [2.05, 4.69) is 41.8 Å². The number of piperazine rings is 1.